The number of imidazole rings is 1. The van der Waals surface area contributed by atoms with Crippen LogP contribution in [0.5, 0.6) is 0 Å². The number of nitrogens with one attached hydrogen (secondary N) is 1. The van der Waals surface area contributed by atoms with E-state index < -0.39 is 0 Å². The van der Waals surface area contributed by atoms with Crippen LogP contribution in [0.2, 0.25) is 0 Å². The van der Waals surface area contributed by atoms with Gasteiger partial charge in [-0.05, 0) is 30.2 Å². The predicted octanol–water partition coefficient (Wildman–Crippen LogP) is 2.11. The van der Waals surface area contributed by atoms with E-state index in [1.54, 1.807) is 12.4 Å². The lowest BCUT2D eigenvalue weighted by Gasteiger charge is -2.18. The van der Waals surface area contributed by atoms with Crippen LogP contribution < -0.4 is 4.90 Å². The topological polar surface area (TPSA) is 31.9 Å². The minimum Gasteiger partial charge on any atom is -0.365 e. The van der Waals surface area contributed by atoms with Gasteiger partial charge in [0.05, 0.1) is 18.6 Å². The molecule has 0 radical (unpaired) electrons. The van der Waals surface area contributed by atoms with E-state index in [1.807, 2.05) is 12.3 Å². The smallest absolute Gasteiger partial charge is 0.123 e. The fourth-order valence-electron chi connectivity index (χ4n) is 2.18. The molecule has 0 amide bonds. The summed E-state index contributed by atoms with van der Waals surface area (Å²) >= 11 is 0. The van der Waals surface area contributed by atoms with E-state index in [4.69, 9.17) is 0 Å². The van der Waals surface area contributed by atoms with E-state index in [-0.39, 0.29) is 5.82 Å². The molecule has 0 spiro atoms. The molecule has 1 aliphatic rings. The van der Waals surface area contributed by atoms with Gasteiger partial charge in [0.15, 0.2) is 0 Å². The van der Waals surface area contributed by atoms with Crippen LogP contribution in [0.15, 0.2) is 30.7 Å². The molecule has 0 fully saturated rings. The van der Waals surface area contributed by atoms with Gasteiger partial charge in [-0.2, -0.15) is 0 Å². The fourth-order valence-corrected chi connectivity index (χ4v) is 2.18. The maximum Gasteiger partial charge on any atom is 0.123 e. The first-order chi connectivity index (χ1) is 7.83. The maximum atomic E-state index is 13.0. The van der Waals surface area contributed by atoms with Gasteiger partial charge in [0.2, 0.25) is 0 Å². The number of hydrogen-bond donors (Lipinski definition) is 1. The summed E-state index contributed by atoms with van der Waals surface area (Å²) in [6.07, 6.45) is 4.42. The Morgan fingerprint density at radius 2 is 2.38 bits per heavy atom. The Hall–Kier alpha value is -1.84. The van der Waals surface area contributed by atoms with Gasteiger partial charge in [0.25, 0.3) is 0 Å². The van der Waals surface area contributed by atoms with Crippen LogP contribution in [0.3, 0.4) is 0 Å². The molecule has 0 aliphatic carbocycles. The first kappa shape index (κ1) is 9.39. The largest absolute Gasteiger partial charge is 0.365 e. The summed E-state index contributed by atoms with van der Waals surface area (Å²) in [4.78, 5) is 9.31. The molecule has 2 heterocycles. The van der Waals surface area contributed by atoms with Crippen molar-refractivity contribution in [2.24, 2.45) is 0 Å². The quantitative estimate of drug-likeness (QED) is 0.835. The SMILES string of the molecule is Fc1ccc2c(c1)CCN2Cc1cnc[nH]1. The van der Waals surface area contributed by atoms with E-state index in [1.165, 1.54) is 6.07 Å². The van der Waals surface area contributed by atoms with Crippen LogP contribution in [0.25, 0.3) is 0 Å². The molecule has 0 unspecified atom stereocenters. The normalized spacial score (nSPS) is 14.2. The van der Waals surface area contributed by atoms with Crippen molar-refractivity contribution in [1.29, 1.82) is 0 Å². The molecule has 4 heteroatoms. The minimum absolute atomic E-state index is 0.151. The van der Waals surface area contributed by atoms with E-state index in [9.17, 15) is 4.39 Å². The second-order valence-electron chi connectivity index (χ2n) is 4.02. The Balaban J connectivity index is 1.86. The monoisotopic (exact) mass is 217 g/mol. The van der Waals surface area contributed by atoms with Gasteiger partial charge in [-0.1, -0.05) is 0 Å². The van der Waals surface area contributed by atoms with E-state index >= 15 is 0 Å². The third-order valence-corrected chi connectivity index (χ3v) is 2.95. The molecule has 0 atom stereocenters. The molecule has 3 rings (SSSR count). The van der Waals surface area contributed by atoms with E-state index in [2.05, 4.69) is 14.9 Å². The number of halogens is 1. The summed E-state index contributed by atoms with van der Waals surface area (Å²) in [5.74, 6) is -0.151. The van der Waals surface area contributed by atoms with Crippen LogP contribution in [0.4, 0.5) is 10.1 Å². The lowest BCUT2D eigenvalue weighted by atomic mass is 10.2. The summed E-state index contributed by atoms with van der Waals surface area (Å²) in [6, 6.07) is 5.00. The molecule has 1 N–H and O–H groups in total. The Morgan fingerprint density at radius 1 is 1.44 bits per heavy atom. The first-order valence-electron chi connectivity index (χ1n) is 5.33. The molecule has 0 saturated heterocycles. The number of aromatic nitrogens is 2. The summed E-state index contributed by atoms with van der Waals surface area (Å²) in [6.45, 7) is 1.75. The second-order valence-corrected chi connectivity index (χ2v) is 4.02. The van der Waals surface area contributed by atoms with Crippen molar-refractivity contribution in [2.45, 2.75) is 13.0 Å². The number of fused-ring (bicyclic) bond motifs is 1. The first-order valence-corrected chi connectivity index (χ1v) is 5.33. The Labute approximate surface area is 92.9 Å². The highest BCUT2D eigenvalue weighted by molar-refractivity contribution is 5.58. The number of anilines is 1. The van der Waals surface area contributed by atoms with Crippen molar-refractivity contribution in [3.05, 3.63) is 47.8 Å². The van der Waals surface area contributed by atoms with Crippen molar-refractivity contribution < 1.29 is 4.39 Å². The zero-order valence-electron chi connectivity index (χ0n) is 8.78. The van der Waals surface area contributed by atoms with Gasteiger partial charge >= 0.3 is 0 Å². The molecule has 1 aromatic heterocycles. The van der Waals surface area contributed by atoms with Crippen LogP contribution in [0, 0.1) is 5.82 Å². The van der Waals surface area contributed by atoms with Gasteiger partial charge in [-0.25, -0.2) is 9.37 Å². The molecular formula is C12H12FN3. The Bertz CT molecular complexity index is 493. The second kappa shape index (κ2) is 3.63. The summed E-state index contributed by atoms with van der Waals surface area (Å²) < 4.78 is 13.0. The number of rotatable bonds is 2. The molecule has 82 valence electrons. The highest BCUT2D eigenvalue weighted by Crippen LogP contribution is 2.29. The number of hydrogen-bond acceptors (Lipinski definition) is 2. The number of aromatic amines is 1. The molecule has 3 nitrogen and oxygen atoms in total. The lowest BCUT2D eigenvalue weighted by molar-refractivity contribution is 0.626. The average Bonchev–Trinajstić information content (AvgIpc) is 2.89. The van der Waals surface area contributed by atoms with Crippen molar-refractivity contribution in [3.8, 4) is 0 Å². The van der Waals surface area contributed by atoms with Crippen molar-refractivity contribution in [2.75, 3.05) is 11.4 Å². The standard InChI is InChI=1S/C12H12FN3/c13-10-1-2-12-9(5-10)3-4-16(12)7-11-6-14-8-15-11/h1-2,5-6,8H,3-4,7H2,(H,14,15). The van der Waals surface area contributed by atoms with Crippen LogP contribution in [-0.2, 0) is 13.0 Å². The van der Waals surface area contributed by atoms with Crippen LogP contribution >= 0.6 is 0 Å². The van der Waals surface area contributed by atoms with Gasteiger partial charge < -0.3 is 9.88 Å². The highest BCUT2D eigenvalue weighted by atomic mass is 19.1. The number of nitrogens with zero attached hydrogens (tertiary/aromatic N) is 2. The summed E-state index contributed by atoms with van der Waals surface area (Å²) in [7, 11) is 0. The average molecular weight is 217 g/mol. The zero-order valence-corrected chi connectivity index (χ0v) is 8.78. The van der Waals surface area contributed by atoms with Crippen molar-refractivity contribution >= 4 is 5.69 Å². The van der Waals surface area contributed by atoms with Crippen molar-refractivity contribution in [3.63, 3.8) is 0 Å². The van der Waals surface area contributed by atoms with E-state index in [0.29, 0.717) is 0 Å². The number of H-pyrrole nitrogens is 1. The van der Waals surface area contributed by atoms with Gasteiger partial charge in [-0.3, -0.25) is 0 Å². The summed E-state index contributed by atoms with van der Waals surface area (Å²) in [5.41, 5.74) is 3.31. The zero-order chi connectivity index (χ0) is 11.0. The molecule has 1 aromatic carbocycles. The van der Waals surface area contributed by atoms with Gasteiger partial charge in [0.1, 0.15) is 5.82 Å². The third kappa shape index (κ3) is 1.56. The highest BCUT2D eigenvalue weighted by Gasteiger charge is 2.19. The molecule has 16 heavy (non-hydrogen) atoms. The van der Waals surface area contributed by atoms with Crippen molar-refractivity contribution in [1.82, 2.24) is 9.97 Å². The minimum atomic E-state index is -0.151. The lowest BCUT2D eigenvalue weighted by Crippen LogP contribution is -2.19. The molecule has 0 saturated carbocycles. The Kier molecular flexibility index (Phi) is 2.13. The molecule has 0 bridgehead atoms. The van der Waals surface area contributed by atoms with Gasteiger partial charge in [-0.15, -0.1) is 0 Å². The van der Waals surface area contributed by atoms with Crippen LogP contribution in [0.1, 0.15) is 11.3 Å². The maximum absolute atomic E-state index is 13.0. The molecular weight excluding hydrogens is 205 g/mol. The van der Waals surface area contributed by atoms with Crippen LogP contribution in [-0.4, -0.2) is 16.5 Å². The summed E-state index contributed by atoms with van der Waals surface area (Å²) in [5, 5.41) is 0. The fraction of sp³-hybridized carbons (Fsp3) is 0.250. The molecule has 2 aromatic rings. The third-order valence-electron chi connectivity index (χ3n) is 2.95. The number of benzene rings is 1. The Morgan fingerprint density at radius 3 is 3.19 bits per heavy atom. The predicted molar refractivity (Wildman–Crippen MR) is 59.7 cm³/mol. The molecule has 1 aliphatic heterocycles. The van der Waals surface area contributed by atoms with Gasteiger partial charge in [0, 0.05) is 18.4 Å². The van der Waals surface area contributed by atoms with E-state index in [0.717, 1.165) is 36.5 Å².